The van der Waals surface area contributed by atoms with Crippen molar-refractivity contribution in [3.63, 3.8) is 0 Å². The first-order chi connectivity index (χ1) is 8.59. The van der Waals surface area contributed by atoms with Gasteiger partial charge in [0, 0.05) is 25.4 Å². The van der Waals surface area contributed by atoms with Gasteiger partial charge in [0.15, 0.2) is 0 Å². The van der Waals surface area contributed by atoms with Crippen molar-refractivity contribution >= 4 is 11.8 Å². The molecule has 4 heteroatoms. The molecule has 0 radical (unpaired) electrons. The topological polar surface area (TPSA) is 58.2 Å². The third kappa shape index (κ3) is 6.03. The van der Waals surface area contributed by atoms with E-state index in [4.69, 9.17) is 0 Å². The maximum absolute atomic E-state index is 11.6. The van der Waals surface area contributed by atoms with Gasteiger partial charge in [-0.05, 0) is 12.3 Å². The van der Waals surface area contributed by atoms with Gasteiger partial charge in [-0.1, -0.05) is 39.5 Å². The first kappa shape index (κ1) is 15.0. The van der Waals surface area contributed by atoms with Gasteiger partial charge in [0.25, 0.3) is 0 Å². The third-order valence-corrected chi connectivity index (χ3v) is 3.53. The average Bonchev–Trinajstić information content (AvgIpc) is 2.84. The molecule has 0 unspecified atom stereocenters. The minimum absolute atomic E-state index is 0.00284. The fraction of sp³-hybridized carbons (Fsp3) is 0.857. The Hall–Kier alpha value is -1.06. The molecule has 4 nitrogen and oxygen atoms in total. The molecule has 1 saturated carbocycles. The summed E-state index contributed by atoms with van der Waals surface area (Å²) in [5, 5.41) is 5.63. The molecule has 0 saturated heterocycles. The van der Waals surface area contributed by atoms with Crippen LogP contribution in [0.1, 0.15) is 52.4 Å². The average molecular weight is 254 g/mol. The number of hydrogen-bond donors (Lipinski definition) is 2. The summed E-state index contributed by atoms with van der Waals surface area (Å²) in [4.78, 5) is 22.8. The van der Waals surface area contributed by atoms with Crippen LogP contribution in [0.15, 0.2) is 0 Å². The lowest BCUT2D eigenvalue weighted by atomic mass is 10.0. The largest absolute Gasteiger partial charge is 0.354 e. The summed E-state index contributed by atoms with van der Waals surface area (Å²) in [5.74, 6) is 0.912. The standard InChI is InChI=1S/C14H26N2O2/c1-11(2)14(18)16-10-9-15-13(17)8-7-12-5-3-4-6-12/h11-12H,3-10H2,1-2H3,(H,15,17)(H,16,18). The minimum Gasteiger partial charge on any atom is -0.354 e. The molecule has 0 aromatic rings. The molecule has 0 aliphatic heterocycles. The van der Waals surface area contributed by atoms with E-state index < -0.39 is 0 Å². The fourth-order valence-electron chi connectivity index (χ4n) is 2.31. The van der Waals surface area contributed by atoms with Crippen LogP contribution in [0.4, 0.5) is 0 Å². The molecule has 2 amide bonds. The molecule has 1 rings (SSSR count). The number of hydrogen-bond acceptors (Lipinski definition) is 2. The fourth-order valence-corrected chi connectivity index (χ4v) is 2.31. The highest BCUT2D eigenvalue weighted by molar-refractivity contribution is 5.78. The van der Waals surface area contributed by atoms with Crippen LogP contribution in [-0.2, 0) is 9.59 Å². The Balaban J connectivity index is 1.97. The predicted octanol–water partition coefficient (Wildman–Crippen LogP) is 1.85. The summed E-state index contributed by atoms with van der Waals surface area (Å²) < 4.78 is 0. The SMILES string of the molecule is CC(C)C(=O)NCCNC(=O)CCC1CCCC1. The lowest BCUT2D eigenvalue weighted by Crippen LogP contribution is -2.36. The Labute approximate surface area is 110 Å². The molecular weight excluding hydrogens is 228 g/mol. The molecule has 1 aliphatic rings. The van der Waals surface area contributed by atoms with Crippen molar-refractivity contribution in [2.24, 2.45) is 11.8 Å². The second kappa shape index (κ2) is 8.11. The van der Waals surface area contributed by atoms with Crippen molar-refractivity contribution in [3.8, 4) is 0 Å². The summed E-state index contributed by atoms with van der Waals surface area (Å²) in [6, 6.07) is 0. The first-order valence-electron chi connectivity index (χ1n) is 7.14. The van der Waals surface area contributed by atoms with Crippen molar-refractivity contribution in [2.75, 3.05) is 13.1 Å². The van der Waals surface area contributed by atoms with E-state index in [-0.39, 0.29) is 17.7 Å². The predicted molar refractivity (Wildman–Crippen MR) is 72.0 cm³/mol. The van der Waals surface area contributed by atoms with Gasteiger partial charge in [-0.15, -0.1) is 0 Å². The van der Waals surface area contributed by atoms with Gasteiger partial charge >= 0.3 is 0 Å². The van der Waals surface area contributed by atoms with Gasteiger partial charge in [-0.3, -0.25) is 9.59 Å². The Bertz CT molecular complexity index is 271. The molecule has 0 aromatic carbocycles. The molecule has 0 atom stereocenters. The van der Waals surface area contributed by atoms with Crippen LogP contribution in [-0.4, -0.2) is 24.9 Å². The summed E-state index contributed by atoms with van der Waals surface area (Å²) >= 11 is 0. The molecule has 0 heterocycles. The number of nitrogens with one attached hydrogen (secondary N) is 2. The van der Waals surface area contributed by atoms with Crippen LogP contribution >= 0.6 is 0 Å². The number of carbonyl (C=O) groups is 2. The third-order valence-electron chi connectivity index (χ3n) is 3.53. The van der Waals surface area contributed by atoms with Crippen LogP contribution in [0.25, 0.3) is 0 Å². The van der Waals surface area contributed by atoms with Crippen molar-refractivity contribution < 1.29 is 9.59 Å². The van der Waals surface area contributed by atoms with E-state index in [1.54, 1.807) is 0 Å². The van der Waals surface area contributed by atoms with Crippen LogP contribution in [0.5, 0.6) is 0 Å². The zero-order chi connectivity index (χ0) is 13.4. The molecule has 104 valence electrons. The lowest BCUT2D eigenvalue weighted by Gasteiger charge is -2.10. The number of rotatable bonds is 7. The second-order valence-corrected chi connectivity index (χ2v) is 5.48. The molecule has 0 aromatic heterocycles. The Kier molecular flexibility index (Phi) is 6.76. The van der Waals surface area contributed by atoms with Gasteiger partial charge < -0.3 is 10.6 Å². The van der Waals surface area contributed by atoms with Crippen LogP contribution in [0.2, 0.25) is 0 Å². The van der Waals surface area contributed by atoms with Gasteiger partial charge in [0.1, 0.15) is 0 Å². The molecular formula is C14H26N2O2. The highest BCUT2D eigenvalue weighted by atomic mass is 16.2. The number of carbonyl (C=O) groups excluding carboxylic acids is 2. The molecule has 0 bridgehead atoms. The quantitative estimate of drug-likeness (QED) is 0.681. The molecule has 0 spiro atoms. The van der Waals surface area contributed by atoms with E-state index in [1.165, 1.54) is 25.7 Å². The highest BCUT2D eigenvalue weighted by Crippen LogP contribution is 2.28. The summed E-state index contributed by atoms with van der Waals surface area (Å²) in [6.45, 7) is 4.76. The van der Waals surface area contributed by atoms with E-state index >= 15 is 0 Å². The zero-order valence-electron chi connectivity index (χ0n) is 11.6. The molecule has 18 heavy (non-hydrogen) atoms. The smallest absolute Gasteiger partial charge is 0.222 e. The molecule has 2 N–H and O–H groups in total. The van der Waals surface area contributed by atoms with Crippen molar-refractivity contribution in [2.45, 2.75) is 52.4 Å². The van der Waals surface area contributed by atoms with Crippen LogP contribution in [0, 0.1) is 11.8 Å². The minimum atomic E-state index is 0.00284. The Morgan fingerprint density at radius 1 is 1.11 bits per heavy atom. The van der Waals surface area contributed by atoms with Crippen LogP contribution < -0.4 is 10.6 Å². The highest BCUT2D eigenvalue weighted by Gasteiger charge is 2.15. The van der Waals surface area contributed by atoms with Crippen molar-refractivity contribution in [1.29, 1.82) is 0 Å². The Morgan fingerprint density at radius 2 is 1.72 bits per heavy atom. The first-order valence-corrected chi connectivity index (χ1v) is 7.14. The maximum atomic E-state index is 11.6. The van der Waals surface area contributed by atoms with Gasteiger partial charge in [0.05, 0.1) is 0 Å². The van der Waals surface area contributed by atoms with Crippen LogP contribution in [0.3, 0.4) is 0 Å². The van der Waals surface area contributed by atoms with Crippen molar-refractivity contribution in [3.05, 3.63) is 0 Å². The van der Waals surface area contributed by atoms with Gasteiger partial charge in [-0.2, -0.15) is 0 Å². The molecule has 1 fully saturated rings. The normalized spacial score (nSPS) is 15.9. The van der Waals surface area contributed by atoms with Gasteiger partial charge in [0.2, 0.25) is 11.8 Å². The monoisotopic (exact) mass is 254 g/mol. The lowest BCUT2D eigenvalue weighted by molar-refractivity contribution is -0.124. The van der Waals surface area contributed by atoms with E-state index in [0.29, 0.717) is 19.5 Å². The Morgan fingerprint density at radius 3 is 2.33 bits per heavy atom. The molecule has 1 aliphatic carbocycles. The van der Waals surface area contributed by atoms with E-state index in [0.717, 1.165) is 12.3 Å². The van der Waals surface area contributed by atoms with Crippen molar-refractivity contribution in [1.82, 2.24) is 10.6 Å². The summed E-state index contributed by atoms with van der Waals surface area (Å²) in [6.07, 6.45) is 6.88. The summed E-state index contributed by atoms with van der Waals surface area (Å²) in [7, 11) is 0. The second-order valence-electron chi connectivity index (χ2n) is 5.48. The van der Waals surface area contributed by atoms with E-state index in [1.807, 2.05) is 13.8 Å². The number of amides is 2. The maximum Gasteiger partial charge on any atom is 0.222 e. The van der Waals surface area contributed by atoms with E-state index in [2.05, 4.69) is 10.6 Å². The van der Waals surface area contributed by atoms with E-state index in [9.17, 15) is 9.59 Å². The zero-order valence-corrected chi connectivity index (χ0v) is 11.6. The summed E-state index contributed by atoms with van der Waals surface area (Å²) in [5.41, 5.74) is 0. The van der Waals surface area contributed by atoms with Gasteiger partial charge in [-0.25, -0.2) is 0 Å².